The molecular weight excluding hydrogens is 718 g/mol. The second kappa shape index (κ2) is 18.7. The number of allylic oxidation sites excluding steroid dienone is 3. The van der Waals surface area contributed by atoms with E-state index in [0.717, 1.165) is 6.08 Å². The van der Waals surface area contributed by atoms with Crippen molar-refractivity contribution in [3.63, 3.8) is 0 Å². The summed E-state index contributed by atoms with van der Waals surface area (Å²) in [5.41, 5.74) is 0.611. The number of aliphatic hydroxyl groups is 5. The molecule has 3 heterocycles. The lowest BCUT2D eigenvalue weighted by atomic mass is 9.91. The molecule has 13 nitrogen and oxygen atoms in total. The fraction of sp³-hybridized carbons (Fsp3) is 0.706. The number of anilines is 2. The Kier molecular flexibility index (Phi) is 14.9. The number of nitrogens with zero attached hydrogens (tertiary/aromatic N) is 4. The molecular formula is C34H48F6N6O7. The average molecular weight is 767 g/mol. The molecule has 298 valence electrons. The van der Waals surface area contributed by atoms with Crippen LogP contribution in [-0.2, 0) is 15.8 Å². The molecule has 1 unspecified atom stereocenters. The van der Waals surface area contributed by atoms with E-state index < -0.39 is 60.5 Å². The largest absolute Gasteiger partial charge is 0.451 e. The number of aliphatic hydroxyl groups excluding tert-OH is 5. The molecule has 1 aliphatic carbocycles. The van der Waals surface area contributed by atoms with Crippen molar-refractivity contribution in [1.82, 2.24) is 20.6 Å². The van der Waals surface area contributed by atoms with Crippen molar-refractivity contribution in [1.29, 1.82) is 0 Å². The fourth-order valence-electron chi connectivity index (χ4n) is 6.70. The van der Waals surface area contributed by atoms with Gasteiger partial charge in [-0.3, -0.25) is 9.59 Å². The van der Waals surface area contributed by atoms with Crippen molar-refractivity contribution in [2.45, 2.75) is 101 Å². The molecule has 53 heavy (non-hydrogen) atoms. The first-order chi connectivity index (χ1) is 25.0. The van der Waals surface area contributed by atoms with E-state index in [0.29, 0.717) is 44.3 Å². The Bertz CT molecular complexity index is 1440. The fourth-order valence-corrected chi connectivity index (χ4v) is 6.70. The zero-order valence-electron chi connectivity index (χ0n) is 29.1. The van der Waals surface area contributed by atoms with Crippen molar-refractivity contribution in [2.24, 2.45) is 11.8 Å². The number of halogens is 6. The van der Waals surface area contributed by atoms with Crippen LogP contribution in [0.25, 0.3) is 0 Å². The number of rotatable bonds is 16. The molecule has 7 N–H and O–H groups in total. The van der Waals surface area contributed by atoms with Gasteiger partial charge in [0.1, 0.15) is 23.8 Å². The standard InChI is InChI=1S/C34H48F6N6O7/c35-33(36,37)22-6-4-21(5-7-22)8-12-41-31(53)24-16-23(48)19-46(24)28-17-27(43-32(44-28)34(38,39)40)45-13-9-20(10-14-45)2-1-3-29(51)42-18-26(50)30(52)25(49)11-15-47/h4-6,17,20,22-26,30,47-50,52H,1-3,7-16,18-19H2,(H,41,53)(H,42,51)/t22?,23-,24+,25-,26+,30+/m1/s1. The number of β-amino-alcohol motifs (C(OH)–C–C–N with tert-alkyl or cyclic N) is 1. The Morgan fingerprint density at radius 3 is 2.32 bits per heavy atom. The predicted octanol–water partition coefficient (Wildman–Crippen LogP) is 1.97. The molecule has 1 aromatic rings. The van der Waals surface area contributed by atoms with Gasteiger partial charge in [-0.15, -0.1) is 0 Å². The van der Waals surface area contributed by atoms with Crippen molar-refractivity contribution in [3.05, 3.63) is 35.7 Å². The highest BCUT2D eigenvalue weighted by Crippen LogP contribution is 2.35. The molecule has 0 spiro atoms. The smallest absolute Gasteiger partial charge is 0.396 e. The lowest BCUT2D eigenvalue weighted by Gasteiger charge is -2.34. The minimum Gasteiger partial charge on any atom is -0.396 e. The van der Waals surface area contributed by atoms with Gasteiger partial charge >= 0.3 is 12.4 Å². The quantitative estimate of drug-likeness (QED) is 0.122. The van der Waals surface area contributed by atoms with Gasteiger partial charge in [0.2, 0.25) is 17.6 Å². The highest BCUT2D eigenvalue weighted by Gasteiger charge is 2.41. The maximum Gasteiger partial charge on any atom is 0.451 e. The van der Waals surface area contributed by atoms with E-state index in [1.54, 1.807) is 4.90 Å². The summed E-state index contributed by atoms with van der Waals surface area (Å²) in [5, 5.41) is 53.9. The molecule has 19 heteroatoms. The van der Waals surface area contributed by atoms with Crippen LogP contribution >= 0.6 is 0 Å². The number of carbonyl (C=O) groups excluding carboxylic acids is 2. The van der Waals surface area contributed by atoms with E-state index >= 15 is 0 Å². The highest BCUT2D eigenvalue weighted by molar-refractivity contribution is 5.86. The molecule has 1 aromatic heterocycles. The summed E-state index contributed by atoms with van der Waals surface area (Å²) in [7, 11) is 0. The SMILES string of the molecule is O=C(CCCC1CCN(c2cc(N3C[C@H](O)C[C@H]3C(=O)NCCC3=CCC(C(F)(F)F)C=C3)nc(C(F)(F)F)n2)CC1)NC[C@H](O)[C@@H](O)[C@H](O)CCO. The lowest BCUT2D eigenvalue weighted by Crippen LogP contribution is -2.44. The van der Waals surface area contributed by atoms with Crippen LogP contribution in [0.2, 0.25) is 0 Å². The molecule has 2 aliphatic heterocycles. The van der Waals surface area contributed by atoms with Gasteiger partial charge in [-0.25, -0.2) is 9.97 Å². The van der Waals surface area contributed by atoms with Crippen LogP contribution in [0.4, 0.5) is 38.0 Å². The maximum absolute atomic E-state index is 14.0. The van der Waals surface area contributed by atoms with Gasteiger partial charge in [0.25, 0.3) is 0 Å². The van der Waals surface area contributed by atoms with E-state index in [4.69, 9.17) is 5.11 Å². The van der Waals surface area contributed by atoms with Crippen LogP contribution in [0.3, 0.4) is 0 Å². The number of aromatic nitrogens is 2. The van der Waals surface area contributed by atoms with E-state index in [-0.39, 0.29) is 81.8 Å². The third-order valence-corrected chi connectivity index (χ3v) is 9.81. The summed E-state index contributed by atoms with van der Waals surface area (Å²) < 4.78 is 80.8. The van der Waals surface area contributed by atoms with Gasteiger partial charge < -0.3 is 46.0 Å². The summed E-state index contributed by atoms with van der Waals surface area (Å²) in [4.78, 5) is 35.9. The van der Waals surface area contributed by atoms with Crippen LogP contribution < -0.4 is 20.4 Å². The van der Waals surface area contributed by atoms with Crippen molar-refractivity contribution < 1.29 is 61.5 Å². The normalized spacial score (nSPS) is 23.1. The van der Waals surface area contributed by atoms with Crippen molar-refractivity contribution in [3.8, 4) is 0 Å². The summed E-state index contributed by atoms with van der Waals surface area (Å²) in [5.74, 6) is -3.88. The van der Waals surface area contributed by atoms with Crippen molar-refractivity contribution in [2.75, 3.05) is 49.1 Å². The number of hydrogen-bond acceptors (Lipinski definition) is 11. The summed E-state index contributed by atoms with van der Waals surface area (Å²) >= 11 is 0. The molecule has 0 aromatic carbocycles. The molecule has 0 radical (unpaired) electrons. The van der Waals surface area contributed by atoms with Crippen LogP contribution in [-0.4, -0.2) is 123 Å². The second-order valence-electron chi connectivity index (χ2n) is 13.8. The monoisotopic (exact) mass is 766 g/mol. The first-order valence-electron chi connectivity index (χ1n) is 17.8. The maximum atomic E-state index is 14.0. The Morgan fingerprint density at radius 2 is 1.70 bits per heavy atom. The molecule has 2 amide bonds. The third-order valence-electron chi connectivity index (χ3n) is 9.81. The molecule has 2 saturated heterocycles. The molecule has 2 fully saturated rings. The number of nitrogens with one attached hydrogen (secondary N) is 2. The lowest BCUT2D eigenvalue weighted by molar-refractivity contribution is -0.160. The third kappa shape index (κ3) is 12.2. The summed E-state index contributed by atoms with van der Waals surface area (Å²) in [6.45, 7) is -0.00837. The second-order valence-corrected chi connectivity index (χ2v) is 13.8. The van der Waals surface area contributed by atoms with E-state index in [1.807, 2.05) is 0 Å². The number of alkyl halides is 6. The first-order valence-corrected chi connectivity index (χ1v) is 17.8. The zero-order chi connectivity index (χ0) is 38.9. The Labute approximate surface area is 302 Å². The van der Waals surface area contributed by atoms with Gasteiger partial charge in [-0.05, 0) is 50.9 Å². The van der Waals surface area contributed by atoms with Gasteiger partial charge in [0.15, 0.2) is 0 Å². The Morgan fingerprint density at radius 1 is 1.00 bits per heavy atom. The predicted molar refractivity (Wildman–Crippen MR) is 179 cm³/mol. The number of amides is 2. The van der Waals surface area contributed by atoms with Gasteiger partial charge in [-0.1, -0.05) is 23.8 Å². The zero-order valence-corrected chi connectivity index (χ0v) is 29.1. The molecule has 3 aliphatic rings. The van der Waals surface area contributed by atoms with E-state index in [2.05, 4.69) is 20.6 Å². The van der Waals surface area contributed by atoms with Crippen LogP contribution in [0.15, 0.2) is 29.9 Å². The van der Waals surface area contributed by atoms with Gasteiger partial charge in [0, 0.05) is 58.2 Å². The Balaban J connectivity index is 1.30. The van der Waals surface area contributed by atoms with Crippen LogP contribution in [0, 0.1) is 11.8 Å². The molecule has 6 atom stereocenters. The molecule has 0 bridgehead atoms. The Hall–Kier alpha value is -3.52. The van der Waals surface area contributed by atoms with E-state index in [9.17, 15) is 56.4 Å². The van der Waals surface area contributed by atoms with Gasteiger partial charge in [-0.2, -0.15) is 26.3 Å². The highest BCUT2D eigenvalue weighted by atomic mass is 19.4. The van der Waals surface area contributed by atoms with Crippen LogP contribution in [0.1, 0.15) is 63.6 Å². The number of piperidine rings is 1. The molecule has 0 saturated carbocycles. The first kappa shape index (κ1) is 42.2. The number of hydrogen-bond donors (Lipinski definition) is 7. The minimum atomic E-state index is -4.90. The molecule has 4 rings (SSSR count). The van der Waals surface area contributed by atoms with E-state index in [1.165, 1.54) is 23.1 Å². The van der Waals surface area contributed by atoms with Crippen molar-refractivity contribution >= 4 is 23.5 Å². The van der Waals surface area contributed by atoms with Crippen LogP contribution in [0.5, 0.6) is 0 Å². The number of carbonyl (C=O) groups is 2. The van der Waals surface area contributed by atoms with Gasteiger partial charge in [0.05, 0.1) is 24.2 Å². The average Bonchev–Trinajstić information content (AvgIpc) is 3.51. The summed E-state index contributed by atoms with van der Waals surface area (Å²) in [6, 6.07) is 0.314. The minimum absolute atomic E-state index is 0.0127. The topological polar surface area (TPSA) is 192 Å². The summed E-state index contributed by atoms with van der Waals surface area (Å²) in [6.07, 6.45) is -8.32.